The molecule has 0 bridgehead atoms. The lowest BCUT2D eigenvalue weighted by molar-refractivity contribution is -0.140. The molecule has 6 nitrogen and oxygen atoms in total. The predicted molar refractivity (Wildman–Crippen MR) is 103 cm³/mol. The quantitative estimate of drug-likeness (QED) is 0.529. The second-order valence-electron chi connectivity index (χ2n) is 5.79. The molecular weight excluding hydrogens is 393 g/mol. The van der Waals surface area contributed by atoms with Crippen LogP contribution in [0.2, 0.25) is 0 Å². The van der Waals surface area contributed by atoms with Crippen LogP contribution in [0.15, 0.2) is 34.6 Å². The van der Waals surface area contributed by atoms with Crippen molar-refractivity contribution in [2.75, 3.05) is 40.9 Å². The second-order valence-corrected chi connectivity index (χ2v) is 6.74. The van der Waals surface area contributed by atoms with Gasteiger partial charge in [-0.05, 0) is 24.3 Å². The van der Waals surface area contributed by atoms with Crippen LogP contribution in [0, 0.1) is 0 Å². The van der Waals surface area contributed by atoms with Gasteiger partial charge in [0.15, 0.2) is 11.7 Å². The summed E-state index contributed by atoms with van der Waals surface area (Å²) in [5, 5.41) is 4.58. The van der Waals surface area contributed by atoms with Crippen LogP contribution < -0.4 is 14.8 Å². The lowest BCUT2D eigenvalue weighted by Gasteiger charge is -2.22. The fourth-order valence-electron chi connectivity index (χ4n) is 2.30. The number of nitrogens with one attached hydrogen (secondary N) is 1. The highest BCUT2D eigenvalue weighted by Crippen LogP contribution is 2.30. The molecule has 10 heteroatoms. The van der Waals surface area contributed by atoms with Crippen molar-refractivity contribution in [3.63, 3.8) is 0 Å². The summed E-state index contributed by atoms with van der Waals surface area (Å²) in [7, 11) is 5.11. The van der Waals surface area contributed by atoms with Crippen LogP contribution in [0.4, 0.5) is 13.2 Å². The maximum atomic E-state index is 12.6. The Morgan fingerprint density at radius 2 is 1.93 bits per heavy atom. The van der Waals surface area contributed by atoms with Crippen molar-refractivity contribution in [3.05, 3.63) is 40.3 Å². The first-order chi connectivity index (χ1) is 13.3. The van der Waals surface area contributed by atoms with E-state index in [4.69, 9.17) is 9.47 Å². The zero-order chi connectivity index (χ0) is 20.6. The van der Waals surface area contributed by atoms with Crippen molar-refractivity contribution in [1.29, 1.82) is 0 Å². The zero-order valence-electron chi connectivity index (χ0n) is 15.9. The molecule has 1 N–H and O–H groups in total. The highest BCUT2D eigenvalue weighted by Gasteiger charge is 2.33. The fraction of sp³-hybridized carbons (Fsp3) is 0.444. The number of ether oxygens (including phenoxy) is 2. The lowest BCUT2D eigenvalue weighted by Crippen LogP contribution is -2.41. The van der Waals surface area contributed by atoms with Gasteiger partial charge < -0.3 is 19.7 Å². The Kier molecular flexibility index (Phi) is 7.91. The molecule has 1 aromatic heterocycles. The first-order valence-corrected chi connectivity index (χ1v) is 9.41. The van der Waals surface area contributed by atoms with Crippen molar-refractivity contribution in [1.82, 2.24) is 15.2 Å². The standard InChI is InChI=1S/C18H23F3N4O2S/c1-22-17(23-9-8-16-24-15(12-28-16)18(19,20)21)25(2)10-11-27-14-6-4-13(26-3)5-7-14/h4-7,12H,8-11H2,1-3H3,(H,22,23). The average Bonchev–Trinajstić information content (AvgIpc) is 3.15. The maximum absolute atomic E-state index is 12.6. The summed E-state index contributed by atoms with van der Waals surface area (Å²) in [6, 6.07) is 7.30. The zero-order valence-corrected chi connectivity index (χ0v) is 16.7. The van der Waals surface area contributed by atoms with Gasteiger partial charge in [0.25, 0.3) is 0 Å². The van der Waals surface area contributed by atoms with E-state index < -0.39 is 11.9 Å². The fourth-order valence-corrected chi connectivity index (χ4v) is 3.11. The van der Waals surface area contributed by atoms with Gasteiger partial charge >= 0.3 is 6.18 Å². The van der Waals surface area contributed by atoms with E-state index >= 15 is 0 Å². The van der Waals surface area contributed by atoms with Gasteiger partial charge in [-0.15, -0.1) is 11.3 Å². The molecule has 0 unspecified atom stereocenters. The summed E-state index contributed by atoms with van der Waals surface area (Å²) in [6.07, 6.45) is -4.02. The largest absolute Gasteiger partial charge is 0.497 e. The summed E-state index contributed by atoms with van der Waals surface area (Å²) in [4.78, 5) is 9.67. The Morgan fingerprint density at radius 1 is 1.25 bits per heavy atom. The third kappa shape index (κ3) is 6.59. The molecule has 0 aliphatic carbocycles. The first kappa shape index (κ1) is 21.8. The van der Waals surface area contributed by atoms with Gasteiger partial charge in [0, 0.05) is 32.4 Å². The molecule has 2 aromatic rings. The third-order valence-corrected chi connectivity index (χ3v) is 4.70. The molecule has 154 valence electrons. The Morgan fingerprint density at radius 3 is 2.50 bits per heavy atom. The normalized spacial score (nSPS) is 12.0. The van der Waals surface area contributed by atoms with Crippen molar-refractivity contribution in [2.24, 2.45) is 4.99 Å². The number of hydrogen-bond acceptors (Lipinski definition) is 5. The Balaban J connectivity index is 1.73. The van der Waals surface area contributed by atoms with E-state index in [0.29, 0.717) is 37.1 Å². The van der Waals surface area contributed by atoms with Crippen LogP contribution in [0.25, 0.3) is 0 Å². The van der Waals surface area contributed by atoms with Crippen LogP contribution in [0.5, 0.6) is 11.5 Å². The lowest BCUT2D eigenvalue weighted by atomic mass is 10.3. The van der Waals surface area contributed by atoms with Crippen molar-refractivity contribution in [3.8, 4) is 11.5 Å². The van der Waals surface area contributed by atoms with Gasteiger partial charge in [0.2, 0.25) is 0 Å². The van der Waals surface area contributed by atoms with Crippen LogP contribution in [0.1, 0.15) is 10.7 Å². The molecule has 0 saturated carbocycles. The maximum Gasteiger partial charge on any atom is 0.434 e. The summed E-state index contributed by atoms with van der Waals surface area (Å²) >= 11 is 1.00. The number of aromatic nitrogens is 1. The van der Waals surface area contributed by atoms with E-state index in [0.717, 1.165) is 28.2 Å². The Hall–Kier alpha value is -2.49. The molecule has 0 aliphatic heterocycles. The number of thiazole rings is 1. The number of alkyl halides is 3. The third-order valence-electron chi connectivity index (χ3n) is 3.79. The van der Waals surface area contributed by atoms with Gasteiger partial charge in [-0.3, -0.25) is 4.99 Å². The van der Waals surface area contributed by atoms with Gasteiger partial charge in [-0.1, -0.05) is 0 Å². The summed E-state index contributed by atoms with van der Waals surface area (Å²) in [5.74, 6) is 2.13. The van der Waals surface area contributed by atoms with Crippen molar-refractivity contribution < 1.29 is 22.6 Å². The smallest absolute Gasteiger partial charge is 0.434 e. The van der Waals surface area contributed by atoms with Gasteiger partial charge in [0.05, 0.1) is 18.7 Å². The molecule has 0 fully saturated rings. The van der Waals surface area contributed by atoms with Crippen LogP contribution >= 0.6 is 11.3 Å². The number of halogens is 3. The monoisotopic (exact) mass is 416 g/mol. The highest BCUT2D eigenvalue weighted by atomic mass is 32.1. The Bertz CT molecular complexity index is 763. The Labute approximate surface area is 166 Å². The minimum Gasteiger partial charge on any atom is -0.497 e. The van der Waals surface area contributed by atoms with Crippen molar-refractivity contribution >= 4 is 17.3 Å². The van der Waals surface area contributed by atoms with E-state index in [1.54, 1.807) is 14.2 Å². The van der Waals surface area contributed by atoms with Crippen LogP contribution in [-0.2, 0) is 12.6 Å². The van der Waals surface area contributed by atoms with Gasteiger partial charge in [-0.2, -0.15) is 13.2 Å². The molecule has 2 rings (SSSR count). The minimum atomic E-state index is -4.40. The number of rotatable bonds is 8. The molecule has 0 aliphatic rings. The number of nitrogens with zero attached hydrogens (tertiary/aromatic N) is 3. The predicted octanol–water partition coefficient (Wildman–Crippen LogP) is 3.30. The molecule has 0 spiro atoms. The number of likely N-dealkylation sites (N-methyl/N-ethyl adjacent to an activating group) is 1. The molecule has 1 aromatic carbocycles. The van der Waals surface area contributed by atoms with E-state index in [-0.39, 0.29) is 0 Å². The number of guanidine groups is 1. The van der Waals surface area contributed by atoms with E-state index in [1.165, 1.54) is 0 Å². The number of aliphatic imine (C=N–C) groups is 1. The SMILES string of the molecule is CN=C(NCCc1nc(C(F)(F)F)cs1)N(C)CCOc1ccc(OC)cc1. The van der Waals surface area contributed by atoms with E-state index in [9.17, 15) is 13.2 Å². The van der Waals surface area contributed by atoms with Gasteiger partial charge in [-0.25, -0.2) is 4.98 Å². The second kappa shape index (κ2) is 10.2. The highest BCUT2D eigenvalue weighted by molar-refractivity contribution is 7.09. The molecule has 0 saturated heterocycles. The topological polar surface area (TPSA) is 59.0 Å². The summed E-state index contributed by atoms with van der Waals surface area (Å²) in [6.45, 7) is 1.47. The van der Waals surface area contributed by atoms with Crippen molar-refractivity contribution in [2.45, 2.75) is 12.6 Å². The van der Waals surface area contributed by atoms with E-state index in [2.05, 4.69) is 15.3 Å². The molecule has 28 heavy (non-hydrogen) atoms. The molecule has 0 atom stereocenters. The number of benzene rings is 1. The summed E-state index contributed by atoms with van der Waals surface area (Å²) < 4.78 is 48.5. The minimum absolute atomic E-state index is 0.385. The molecule has 1 heterocycles. The molecular formula is C18H23F3N4O2S. The summed E-state index contributed by atoms with van der Waals surface area (Å²) in [5.41, 5.74) is -0.843. The molecule has 0 radical (unpaired) electrons. The first-order valence-electron chi connectivity index (χ1n) is 8.53. The van der Waals surface area contributed by atoms with Gasteiger partial charge in [0.1, 0.15) is 18.1 Å². The molecule has 0 amide bonds. The number of methoxy groups -OCH3 is 1. The van der Waals surface area contributed by atoms with Crippen LogP contribution in [-0.4, -0.2) is 56.7 Å². The average molecular weight is 416 g/mol. The van der Waals surface area contributed by atoms with E-state index in [1.807, 2.05) is 36.2 Å². The van der Waals surface area contributed by atoms with Crippen LogP contribution in [0.3, 0.4) is 0 Å². The number of hydrogen-bond donors (Lipinski definition) is 1.